The normalized spacial score (nSPS) is 15.6. The molecule has 14 aromatic rings. The summed E-state index contributed by atoms with van der Waals surface area (Å²) in [5.74, 6) is 5.58. The zero-order valence-corrected chi connectivity index (χ0v) is 85.2. The highest BCUT2D eigenvalue weighted by Crippen LogP contribution is 2.55. The average Bonchev–Trinajstić information content (AvgIpc) is 1.57. The average molecular weight is 1760 g/mol. The first-order chi connectivity index (χ1) is 64.8. The van der Waals surface area contributed by atoms with Crippen molar-refractivity contribution in [1.29, 1.82) is 0 Å². The fourth-order valence-corrected chi connectivity index (χ4v) is 20.3. The van der Waals surface area contributed by atoms with Crippen LogP contribution in [0.15, 0.2) is 425 Å². The molecule has 2 aliphatic carbocycles. The summed E-state index contributed by atoms with van der Waals surface area (Å²) in [6.07, 6.45) is 15.3. The van der Waals surface area contributed by atoms with Crippen molar-refractivity contribution in [3.63, 3.8) is 0 Å². The number of allylic oxidation sites excluding steroid dienone is 3. The summed E-state index contributed by atoms with van der Waals surface area (Å²) >= 11 is 0. The van der Waals surface area contributed by atoms with Crippen LogP contribution in [0.25, 0.3) is 11.1 Å². The van der Waals surface area contributed by atoms with Gasteiger partial charge in [-0.15, -0.1) is 0 Å². The van der Waals surface area contributed by atoms with Crippen LogP contribution in [0.4, 0.5) is 0 Å². The Kier molecular flexibility index (Phi) is 46.0. The van der Waals surface area contributed by atoms with Gasteiger partial charge in [-0.1, -0.05) is 555 Å². The molecule has 0 heterocycles. The summed E-state index contributed by atoms with van der Waals surface area (Å²) in [6.45, 7) is 47.6. The van der Waals surface area contributed by atoms with Gasteiger partial charge in [0.25, 0.3) is 0 Å². The van der Waals surface area contributed by atoms with Crippen LogP contribution in [0.3, 0.4) is 0 Å². The Hall–Kier alpha value is -11.4. The summed E-state index contributed by atoms with van der Waals surface area (Å²) in [4.78, 5) is 0. The number of hydrogen-bond acceptors (Lipinski definition) is 0. The first-order valence-electron chi connectivity index (χ1n) is 50.9. The second-order valence-electron chi connectivity index (χ2n) is 37.7. The van der Waals surface area contributed by atoms with Gasteiger partial charge in [-0.2, -0.15) is 0 Å². The summed E-state index contributed by atoms with van der Waals surface area (Å²) in [7, 11) is 0. The van der Waals surface area contributed by atoms with Crippen LogP contribution in [0.2, 0.25) is 0 Å². The molecule has 0 amide bonds. The number of rotatable bonds is 30. The van der Waals surface area contributed by atoms with Crippen LogP contribution in [0, 0.1) is 11.8 Å². The van der Waals surface area contributed by atoms with Crippen molar-refractivity contribution in [2.45, 2.75) is 279 Å². The van der Waals surface area contributed by atoms with E-state index in [1.807, 2.05) is 80.5 Å². The van der Waals surface area contributed by atoms with Gasteiger partial charge in [-0.3, -0.25) is 0 Å². The Bertz CT molecular complexity index is 5410. The van der Waals surface area contributed by atoms with Crippen molar-refractivity contribution in [2.75, 3.05) is 0 Å². The predicted molar refractivity (Wildman–Crippen MR) is 586 cm³/mol. The molecule has 11 atom stereocenters. The van der Waals surface area contributed by atoms with E-state index in [0.717, 1.165) is 44.1 Å². The molecule has 0 fully saturated rings. The third-order valence-electron chi connectivity index (χ3n) is 27.9. The maximum atomic E-state index is 3.83. The third kappa shape index (κ3) is 32.2. The van der Waals surface area contributed by atoms with Gasteiger partial charge in [0, 0.05) is 5.92 Å². The highest BCUT2D eigenvalue weighted by atomic mass is 14.5. The zero-order chi connectivity index (χ0) is 95.8. The summed E-state index contributed by atoms with van der Waals surface area (Å²) in [5, 5.41) is 0. The van der Waals surface area contributed by atoms with E-state index in [1.165, 1.54) is 110 Å². The van der Waals surface area contributed by atoms with E-state index < -0.39 is 0 Å². The fourth-order valence-electron chi connectivity index (χ4n) is 20.3. The van der Waals surface area contributed by atoms with Gasteiger partial charge in [0.2, 0.25) is 0 Å². The maximum Gasteiger partial charge on any atom is 0.00298 e. The molecule has 16 rings (SSSR count). The lowest BCUT2D eigenvalue weighted by Gasteiger charge is -2.36. The van der Waals surface area contributed by atoms with Gasteiger partial charge in [0.05, 0.1) is 0 Å². The fraction of sp³-hybridized carbons (Fsp3) is 0.338. The summed E-state index contributed by atoms with van der Waals surface area (Å²) in [5.41, 5.74) is 26.4. The second kappa shape index (κ2) is 57.2. The molecule has 133 heavy (non-hydrogen) atoms. The smallest absolute Gasteiger partial charge is 0.00298 e. The minimum atomic E-state index is 0.0782. The van der Waals surface area contributed by atoms with Crippen molar-refractivity contribution in [2.24, 2.45) is 11.8 Å². The minimum Gasteiger partial charge on any atom is -0.0955 e. The van der Waals surface area contributed by atoms with E-state index in [1.54, 1.807) is 16.7 Å². The molecule has 0 bridgehead atoms. The molecule has 0 heteroatoms. The van der Waals surface area contributed by atoms with E-state index in [2.05, 4.69) is 483 Å². The number of benzene rings is 14. The van der Waals surface area contributed by atoms with Crippen molar-refractivity contribution in [1.82, 2.24) is 0 Å². The van der Waals surface area contributed by atoms with Crippen molar-refractivity contribution in [3.05, 3.63) is 514 Å². The molecule has 0 radical (unpaired) electrons. The lowest BCUT2D eigenvalue weighted by Crippen LogP contribution is -2.25. The number of fused-ring (bicyclic) bond motifs is 2. The van der Waals surface area contributed by atoms with Crippen LogP contribution in [0.5, 0.6) is 0 Å². The molecule has 0 saturated heterocycles. The molecule has 0 aliphatic heterocycles. The molecular formula is C133H164. The largest absolute Gasteiger partial charge is 0.0955 e. The Morgan fingerprint density at radius 1 is 0.301 bits per heavy atom. The second-order valence-corrected chi connectivity index (χ2v) is 37.7. The van der Waals surface area contributed by atoms with Crippen molar-refractivity contribution < 1.29 is 0 Å². The van der Waals surface area contributed by atoms with Gasteiger partial charge in [0.1, 0.15) is 0 Å². The Morgan fingerprint density at radius 3 is 0.932 bits per heavy atom. The predicted octanol–water partition coefficient (Wildman–Crippen LogP) is 38.8. The quantitative estimate of drug-likeness (QED) is 0.0421. The number of hydrogen-bond donors (Lipinski definition) is 0. The Balaban J connectivity index is 0.000000223. The molecule has 696 valence electrons. The van der Waals surface area contributed by atoms with Gasteiger partial charge in [-0.25, -0.2) is 0 Å². The highest BCUT2D eigenvalue weighted by Gasteiger charge is 2.43. The molecule has 14 aromatic carbocycles. The van der Waals surface area contributed by atoms with E-state index in [0.29, 0.717) is 70.5 Å². The zero-order valence-electron chi connectivity index (χ0n) is 85.2. The SMILES string of the molecule is C=C(C)c1ccccc1.CC.CC.CC.CC.CC(=CC(CC1c2ccccc2CC1C(CC(C)c1ccccc1)c1ccccc1)c1ccccc1)c1ccccc1.CCC(C)(C)c1ccccc1.CCC(CC(C)(C)c1ccccc1)c1ccccc1.CCC(CC(c1ccccc1)C1Cc2ccccc2C1CC(CC(C)(C)c1ccccc1)c1ccccc1)c1ccccc1. The Labute approximate surface area is 810 Å². The molecule has 0 aromatic heterocycles. The lowest BCUT2D eigenvalue weighted by molar-refractivity contribution is 0.298. The molecule has 2 aliphatic rings. The molecule has 0 nitrogen and oxygen atoms in total. The highest BCUT2D eigenvalue weighted by molar-refractivity contribution is 5.65. The standard InChI is InChI=1S/C44H48.C42H42.C19H24.C11H16.C9H10.4C2H6/c1-4-33(34-19-9-5-10-20-34)29-41(36-23-13-7-14-24-36)43-30-37-25-17-18-28-40(37)42(43)31-38(35-21-11-6-12-22-35)32-44(2,3)39-26-15-8-16-27-39;1-31(33-17-7-3-8-18-33)27-38(35-21-11-5-12-22-35)30-41-39-26-16-15-25-37(39)29-42(41)40(36-23-13-6-14-24-36)28-32(2)34-19-9-4-10-20-34;1-4-16(17-11-7-5-8-12-17)15-19(2,3)18-13-9-6-10-14-18;1-4-11(2,3)10-8-6-5-7-9-10;1-8(2)9-6-4-3-5-7-9;4*1-2/h5-28,33,38,41-43H,4,29-32H2,1-3H3;3-27,32,38,40-42H,28-30H2,1-2H3;5-14,16H,4,15H2,1-3H3;5-9H,4H2,1-3H3;3-7H,1H2,2H3;4*1-2H3. The van der Waals surface area contributed by atoms with Gasteiger partial charge in [-0.05, 0) is 254 Å². The van der Waals surface area contributed by atoms with Crippen LogP contribution >= 0.6 is 0 Å². The molecule has 11 unspecified atom stereocenters. The van der Waals surface area contributed by atoms with Gasteiger partial charge < -0.3 is 0 Å². The lowest BCUT2D eigenvalue weighted by atomic mass is 9.67. The van der Waals surface area contributed by atoms with Gasteiger partial charge >= 0.3 is 0 Å². The van der Waals surface area contributed by atoms with Crippen LogP contribution in [0.1, 0.15) is 339 Å². The summed E-state index contributed by atoms with van der Waals surface area (Å²) in [6, 6.07) is 151. The first-order valence-corrected chi connectivity index (χ1v) is 50.9. The minimum absolute atomic E-state index is 0.0782. The van der Waals surface area contributed by atoms with E-state index >= 15 is 0 Å². The molecule has 0 N–H and O–H groups in total. The van der Waals surface area contributed by atoms with E-state index in [-0.39, 0.29) is 10.8 Å². The van der Waals surface area contributed by atoms with Crippen LogP contribution < -0.4 is 0 Å². The first kappa shape index (κ1) is 107. The van der Waals surface area contributed by atoms with E-state index in [4.69, 9.17) is 0 Å². The molecule has 0 saturated carbocycles. The maximum absolute atomic E-state index is 3.83. The van der Waals surface area contributed by atoms with Gasteiger partial charge in [0.15, 0.2) is 0 Å². The summed E-state index contributed by atoms with van der Waals surface area (Å²) < 4.78 is 0. The van der Waals surface area contributed by atoms with E-state index in [9.17, 15) is 0 Å². The van der Waals surface area contributed by atoms with Crippen LogP contribution in [-0.2, 0) is 29.1 Å². The Morgan fingerprint density at radius 2 is 0.579 bits per heavy atom. The monoisotopic (exact) mass is 1760 g/mol. The van der Waals surface area contributed by atoms with Crippen molar-refractivity contribution in [3.8, 4) is 0 Å². The third-order valence-corrected chi connectivity index (χ3v) is 27.9. The van der Waals surface area contributed by atoms with Crippen molar-refractivity contribution >= 4 is 11.1 Å². The molecular weight excluding hydrogens is 1600 g/mol. The molecule has 0 spiro atoms. The van der Waals surface area contributed by atoms with Crippen LogP contribution in [-0.4, -0.2) is 0 Å². The topological polar surface area (TPSA) is 0 Å².